The lowest BCUT2D eigenvalue weighted by Crippen LogP contribution is -2.22. The predicted molar refractivity (Wildman–Crippen MR) is 82.2 cm³/mol. The number of aldehydes is 1. The molecule has 2 aromatic carbocycles. The van der Waals surface area contributed by atoms with Crippen LogP contribution in [0.2, 0.25) is 0 Å². The van der Waals surface area contributed by atoms with Gasteiger partial charge in [-0.15, -0.1) is 0 Å². The molecule has 0 aromatic heterocycles. The Morgan fingerprint density at radius 2 is 1.77 bits per heavy atom. The van der Waals surface area contributed by atoms with Crippen LogP contribution in [-0.4, -0.2) is 19.0 Å². The van der Waals surface area contributed by atoms with Crippen molar-refractivity contribution in [2.45, 2.75) is 25.6 Å². The quantitative estimate of drug-likeness (QED) is 0.661. The number of carbonyl (C=O) groups is 1. The van der Waals surface area contributed by atoms with E-state index in [1.165, 1.54) is 12.1 Å². The molecular weight excluding hydrogens is 283 g/mol. The van der Waals surface area contributed by atoms with Gasteiger partial charge in [0.1, 0.15) is 24.5 Å². The summed E-state index contributed by atoms with van der Waals surface area (Å²) in [5.74, 6) is 0.283. The monoisotopic (exact) mass is 302 g/mol. The Bertz CT molecular complexity index is 554. The molecule has 0 amide bonds. The minimum atomic E-state index is -0.301. The summed E-state index contributed by atoms with van der Waals surface area (Å²) in [7, 11) is 0. The van der Waals surface area contributed by atoms with Crippen LogP contribution in [0.25, 0.3) is 0 Å². The molecule has 0 saturated carbocycles. The molecule has 0 unspecified atom stereocenters. The third-order valence-electron chi connectivity index (χ3n) is 3.18. The Morgan fingerprint density at radius 3 is 2.45 bits per heavy atom. The first-order chi connectivity index (χ1) is 10.8. The van der Waals surface area contributed by atoms with Crippen LogP contribution in [0.5, 0.6) is 5.75 Å². The molecule has 0 aliphatic heterocycles. The maximum Gasteiger partial charge on any atom is 0.123 e. The highest BCUT2D eigenvalue weighted by atomic mass is 19.1. The average molecular weight is 302 g/mol. The normalized spacial score (nSPS) is 11.9. The molecule has 0 spiro atoms. The van der Waals surface area contributed by atoms with Crippen molar-refractivity contribution in [3.8, 4) is 5.75 Å². The van der Waals surface area contributed by atoms with Gasteiger partial charge in [-0.3, -0.25) is 0 Å². The second-order valence-corrected chi connectivity index (χ2v) is 4.93. The van der Waals surface area contributed by atoms with E-state index in [0.717, 1.165) is 11.8 Å². The van der Waals surface area contributed by atoms with Gasteiger partial charge >= 0.3 is 0 Å². The molecule has 2 aromatic rings. The lowest BCUT2D eigenvalue weighted by atomic mass is 10.2. The molecule has 0 radical (unpaired) electrons. The second-order valence-electron chi connectivity index (χ2n) is 4.93. The molecule has 0 bridgehead atoms. The van der Waals surface area contributed by atoms with Crippen LogP contribution in [-0.2, 0) is 16.1 Å². The molecule has 116 valence electrons. The van der Waals surface area contributed by atoms with E-state index < -0.39 is 0 Å². The molecule has 2 rings (SSSR count). The number of hydrogen-bond acceptors (Lipinski definition) is 3. The Morgan fingerprint density at radius 1 is 1.05 bits per heavy atom. The van der Waals surface area contributed by atoms with Gasteiger partial charge < -0.3 is 14.3 Å². The van der Waals surface area contributed by atoms with Crippen molar-refractivity contribution < 1.29 is 18.7 Å². The zero-order valence-corrected chi connectivity index (χ0v) is 12.3. The minimum absolute atomic E-state index is 0.185. The van der Waals surface area contributed by atoms with Crippen LogP contribution in [0.4, 0.5) is 4.39 Å². The molecule has 4 heteroatoms. The molecule has 3 nitrogen and oxygen atoms in total. The molecule has 0 saturated heterocycles. The summed E-state index contributed by atoms with van der Waals surface area (Å²) in [5, 5.41) is 0. The van der Waals surface area contributed by atoms with E-state index >= 15 is 0 Å². The van der Waals surface area contributed by atoms with Gasteiger partial charge in [0, 0.05) is 6.42 Å². The summed E-state index contributed by atoms with van der Waals surface area (Å²) in [6.07, 6.45) is 1.70. The van der Waals surface area contributed by atoms with Gasteiger partial charge in [-0.25, -0.2) is 4.39 Å². The van der Waals surface area contributed by atoms with E-state index in [4.69, 9.17) is 9.47 Å². The molecule has 0 aliphatic carbocycles. The van der Waals surface area contributed by atoms with E-state index in [1.807, 2.05) is 30.3 Å². The van der Waals surface area contributed by atoms with E-state index in [2.05, 4.69) is 0 Å². The average Bonchev–Trinajstić information content (AvgIpc) is 2.56. The summed E-state index contributed by atoms with van der Waals surface area (Å²) in [6, 6.07) is 15.7. The summed E-state index contributed by atoms with van der Waals surface area (Å²) in [6.45, 7) is 0.795. The van der Waals surface area contributed by atoms with E-state index in [9.17, 15) is 9.18 Å². The zero-order valence-electron chi connectivity index (χ0n) is 12.3. The van der Waals surface area contributed by atoms with Gasteiger partial charge in [-0.2, -0.15) is 0 Å². The van der Waals surface area contributed by atoms with Crippen LogP contribution in [0.15, 0.2) is 54.6 Å². The van der Waals surface area contributed by atoms with Crippen LogP contribution in [0.1, 0.15) is 18.4 Å². The van der Waals surface area contributed by atoms with E-state index in [1.54, 1.807) is 12.1 Å². The fraction of sp³-hybridized carbons (Fsp3) is 0.278. The number of halogens is 1. The van der Waals surface area contributed by atoms with Crippen LogP contribution in [0, 0.1) is 5.82 Å². The van der Waals surface area contributed by atoms with Crippen molar-refractivity contribution in [3.05, 3.63) is 66.0 Å². The first-order valence-corrected chi connectivity index (χ1v) is 7.25. The third kappa shape index (κ3) is 5.66. The summed E-state index contributed by atoms with van der Waals surface area (Å²) in [4.78, 5) is 10.6. The minimum Gasteiger partial charge on any atom is -0.491 e. The highest BCUT2D eigenvalue weighted by molar-refractivity contribution is 5.49. The number of carbonyl (C=O) groups excluding carboxylic acids is 1. The zero-order chi connectivity index (χ0) is 15.6. The summed E-state index contributed by atoms with van der Waals surface area (Å²) < 4.78 is 24.3. The summed E-state index contributed by atoms with van der Waals surface area (Å²) >= 11 is 0. The standard InChI is InChI=1S/C18H19FO3/c19-16-8-10-17(11-9-16)22-14-18(7-4-12-20)21-13-15-5-2-1-3-6-15/h1-3,5-6,8-12,18H,4,7,13-14H2/t18-/m1/s1. The molecule has 0 aliphatic rings. The van der Waals surface area contributed by atoms with Crippen molar-refractivity contribution in [2.75, 3.05) is 6.61 Å². The number of ether oxygens (including phenoxy) is 2. The fourth-order valence-electron chi connectivity index (χ4n) is 1.98. The Kier molecular flexibility index (Phi) is 6.58. The molecule has 22 heavy (non-hydrogen) atoms. The highest BCUT2D eigenvalue weighted by Gasteiger charge is 2.10. The van der Waals surface area contributed by atoms with Gasteiger partial charge in [0.15, 0.2) is 0 Å². The SMILES string of the molecule is O=CCC[C@H](COc1ccc(F)cc1)OCc1ccccc1. The Labute approximate surface area is 129 Å². The summed E-state index contributed by atoms with van der Waals surface area (Å²) in [5.41, 5.74) is 1.07. The van der Waals surface area contributed by atoms with Crippen molar-refractivity contribution in [2.24, 2.45) is 0 Å². The highest BCUT2D eigenvalue weighted by Crippen LogP contribution is 2.14. The molecular formula is C18H19FO3. The van der Waals surface area contributed by atoms with Crippen LogP contribution in [0.3, 0.4) is 0 Å². The fourth-order valence-corrected chi connectivity index (χ4v) is 1.98. The van der Waals surface area contributed by atoms with Crippen molar-refractivity contribution in [1.82, 2.24) is 0 Å². The lowest BCUT2D eigenvalue weighted by molar-refractivity contribution is -0.108. The van der Waals surface area contributed by atoms with Gasteiger partial charge in [0.05, 0.1) is 12.7 Å². The third-order valence-corrected chi connectivity index (χ3v) is 3.18. The van der Waals surface area contributed by atoms with Crippen LogP contribution < -0.4 is 4.74 Å². The van der Waals surface area contributed by atoms with Gasteiger partial charge in [-0.05, 0) is 36.2 Å². The predicted octanol–water partition coefficient (Wildman–Crippen LogP) is 3.77. The lowest BCUT2D eigenvalue weighted by Gasteiger charge is -2.18. The van der Waals surface area contributed by atoms with Gasteiger partial charge in [-0.1, -0.05) is 30.3 Å². The van der Waals surface area contributed by atoms with Crippen molar-refractivity contribution >= 4 is 6.29 Å². The van der Waals surface area contributed by atoms with Crippen molar-refractivity contribution in [1.29, 1.82) is 0 Å². The molecule has 0 heterocycles. The van der Waals surface area contributed by atoms with Crippen molar-refractivity contribution in [3.63, 3.8) is 0 Å². The van der Waals surface area contributed by atoms with Gasteiger partial charge in [0.25, 0.3) is 0 Å². The van der Waals surface area contributed by atoms with E-state index in [-0.39, 0.29) is 11.9 Å². The number of rotatable bonds is 9. The van der Waals surface area contributed by atoms with Gasteiger partial charge in [0.2, 0.25) is 0 Å². The number of hydrogen-bond donors (Lipinski definition) is 0. The second kappa shape index (κ2) is 8.95. The first-order valence-electron chi connectivity index (χ1n) is 7.25. The molecule has 1 atom stereocenters. The topological polar surface area (TPSA) is 35.5 Å². The maximum absolute atomic E-state index is 12.8. The molecule has 0 N–H and O–H groups in total. The van der Waals surface area contributed by atoms with E-state index in [0.29, 0.717) is 31.8 Å². The Hall–Kier alpha value is -2.20. The Balaban J connectivity index is 1.85. The largest absolute Gasteiger partial charge is 0.491 e. The smallest absolute Gasteiger partial charge is 0.123 e. The van der Waals surface area contributed by atoms with Crippen LogP contribution >= 0.6 is 0 Å². The molecule has 0 fully saturated rings. The first kappa shape index (κ1) is 16.2. The number of benzene rings is 2. The maximum atomic E-state index is 12.8.